The summed E-state index contributed by atoms with van der Waals surface area (Å²) in [6.45, 7) is -0.0629. The summed E-state index contributed by atoms with van der Waals surface area (Å²) in [5.41, 5.74) is 11.4. The number of aromatic nitrogens is 4. The van der Waals surface area contributed by atoms with E-state index in [4.69, 9.17) is 10.7 Å². The third-order valence-electron chi connectivity index (χ3n) is 15.4. The van der Waals surface area contributed by atoms with Gasteiger partial charge in [-0.05, 0) is 74.9 Å². The summed E-state index contributed by atoms with van der Waals surface area (Å²) in [7, 11) is 0. The Morgan fingerprint density at radius 3 is 1.13 bits per heavy atom. The number of carbonyl (C=O) groups is 10. The van der Waals surface area contributed by atoms with Gasteiger partial charge in [0.15, 0.2) is 0 Å². The van der Waals surface area contributed by atoms with Crippen LogP contribution in [0.4, 0.5) is 0 Å². The molecule has 0 saturated heterocycles. The predicted molar refractivity (Wildman–Crippen MR) is 344 cm³/mol. The Kier molecular flexibility index (Phi) is 20.0. The highest BCUT2D eigenvalue weighted by molar-refractivity contribution is 6.21. The average Bonchev–Trinajstić information content (AvgIpc) is 1.71. The van der Waals surface area contributed by atoms with Crippen LogP contribution in [0.5, 0.6) is 0 Å². The van der Waals surface area contributed by atoms with Crippen LogP contribution in [0, 0.1) is 0 Å². The van der Waals surface area contributed by atoms with Crippen LogP contribution in [-0.2, 0) is 33.6 Å². The molecule has 12 N–H and O–H groups in total. The molecule has 0 spiro atoms. The molecule has 6 aromatic carbocycles. The lowest BCUT2D eigenvalue weighted by Gasteiger charge is -2.21. The van der Waals surface area contributed by atoms with E-state index in [9.17, 15) is 47.9 Å². The van der Waals surface area contributed by atoms with Gasteiger partial charge < -0.3 is 58.6 Å². The lowest BCUT2D eigenvalue weighted by molar-refractivity contribution is -0.129. The Bertz CT molecular complexity index is 4390. The van der Waals surface area contributed by atoms with Gasteiger partial charge in [0, 0.05) is 64.4 Å². The number of hydrogen-bond acceptors (Lipinski definition) is 13. The third-order valence-corrected chi connectivity index (χ3v) is 15.4. The van der Waals surface area contributed by atoms with Crippen LogP contribution in [0.2, 0.25) is 0 Å². The van der Waals surface area contributed by atoms with Crippen LogP contribution in [0.15, 0.2) is 146 Å². The largest absolute Gasteiger partial charge is 0.368 e. The molecule has 0 radical (unpaired) electrons. The molecule has 10 amide bonds. The summed E-state index contributed by atoms with van der Waals surface area (Å²) >= 11 is 0. The Hall–Kier alpha value is -11.4. The van der Waals surface area contributed by atoms with Gasteiger partial charge >= 0.3 is 0 Å². The van der Waals surface area contributed by atoms with Crippen molar-refractivity contribution in [1.29, 1.82) is 0 Å². The summed E-state index contributed by atoms with van der Waals surface area (Å²) < 4.78 is 0. The molecule has 24 nitrogen and oxygen atoms in total. The lowest BCUT2D eigenvalue weighted by Crippen LogP contribution is -2.51. The number of carbonyl (C=O) groups excluding carboxylic acids is 10. The van der Waals surface area contributed by atoms with Gasteiger partial charge in [-0.3, -0.25) is 47.9 Å². The molecule has 0 aliphatic carbocycles. The van der Waals surface area contributed by atoms with Crippen molar-refractivity contribution < 1.29 is 47.9 Å². The fraction of sp³-hybridized carbons (Fsp3) is 0.239. The minimum atomic E-state index is -1.24. The topological polar surface area (TPSA) is 359 Å². The minimum Gasteiger partial charge on any atom is -0.368 e. The Morgan fingerprint density at radius 1 is 0.396 bits per heavy atom. The zero-order chi connectivity index (χ0) is 64.0. The molecule has 0 saturated carbocycles. The number of nitrogens with one attached hydrogen (secondary N) is 10. The normalized spacial score (nSPS) is 12.2. The smallest absolute Gasteiger partial charge is 0.254 e. The Balaban J connectivity index is 0.771. The second-order valence-corrected chi connectivity index (χ2v) is 21.7. The molecule has 10 rings (SSSR count). The molecule has 91 heavy (non-hydrogen) atoms. The van der Waals surface area contributed by atoms with Crippen molar-refractivity contribution in [3.8, 4) is 0 Å². The molecule has 0 bridgehead atoms. The lowest BCUT2D eigenvalue weighted by atomic mass is 10.0. The van der Waals surface area contributed by atoms with Crippen molar-refractivity contribution >= 4 is 136 Å². The van der Waals surface area contributed by atoms with E-state index in [0.29, 0.717) is 83.1 Å². The number of hydrogen-bond donors (Lipinski definition) is 11. The van der Waals surface area contributed by atoms with Gasteiger partial charge in [0.05, 0.1) is 74.9 Å². The number of nitrogens with zero attached hydrogens (tertiary/aromatic N) is 3. The molecule has 0 fully saturated rings. The zero-order valence-electron chi connectivity index (χ0n) is 49.6. The zero-order valence-corrected chi connectivity index (χ0v) is 49.6. The average molecular weight is 1230 g/mol. The van der Waals surface area contributed by atoms with E-state index in [1.165, 1.54) is 6.92 Å². The third kappa shape index (κ3) is 15.1. The van der Waals surface area contributed by atoms with Crippen LogP contribution in [0.1, 0.15) is 76.5 Å². The molecular formula is C67H66N14O10. The fourth-order valence-corrected chi connectivity index (χ4v) is 11.0. The number of para-hydroxylation sites is 6. The highest BCUT2D eigenvalue weighted by Gasteiger charge is 2.27. The number of amides is 10. The summed E-state index contributed by atoms with van der Waals surface area (Å²) in [5, 5.41) is 27.9. The SMILES string of the molecule is CC(=O)NCCCC(NC(=O)CNC(=O)c1c2ccccc2nc2ccccc12)C(=O)NCCCC(NC(=O)CNC(=O)c1c2ccccc2nc2c1[nH]c1ccccc12)C(=O)NCCCC(NC(=O)CNC(=O)c1c2ccccc2nc2ccccc12)C(N)=O. The number of pyridine rings is 3. The van der Waals surface area contributed by atoms with Crippen molar-refractivity contribution in [2.75, 3.05) is 39.3 Å². The van der Waals surface area contributed by atoms with Crippen molar-refractivity contribution in [2.45, 2.75) is 63.6 Å². The second kappa shape index (κ2) is 29.1. The number of nitrogens with two attached hydrogens (primary N) is 1. The van der Waals surface area contributed by atoms with E-state index >= 15 is 0 Å². The number of aromatic amines is 1. The minimum absolute atomic E-state index is 0.0225. The van der Waals surface area contributed by atoms with Gasteiger partial charge in [-0.2, -0.15) is 0 Å². The Labute approximate surface area is 520 Å². The molecule has 0 aliphatic heterocycles. The second-order valence-electron chi connectivity index (χ2n) is 21.7. The van der Waals surface area contributed by atoms with Gasteiger partial charge in [0.25, 0.3) is 17.7 Å². The van der Waals surface area contributed by atoms with Crippen LogP contribution >= 0.6 is 0 Å². The maximum absolute atomic E-state index is 14.1. The first-order chi connectivity index (χ1) is 44.1. The summed E-state index contributed by atoms with van der Waals surface area (Å²) in [6.07, 6.45) is 0.544. The maximum atomic E-state index is 14.1. The first-order valence-electron chi connectivity index (χ1n) is 29.8. The van der Waals surface area contributed by atoms with E-state index in [2.05, 4.69) is 62.8 Å². The fourth-order valence-electron chi connectivity index (χ4n) is 11.0. The molecule has 3 atom stereocenters. The number of benzene rings is 6. The number of rotatable bonds is 27. The van der Waals surface area contributed by atoms with Crippen LogP contribution in [0.25, 0.3) is 76.5 Å². The van der Waals surface area contributed by atoms with E-state index in [0.717, 1.165) is 10.9 Å². The molecule has 3 unspecified atom stereocenters. The maximum Gasteiger partial charge on any atom is 0.254 e. The first kappa shape index (κ1) is 62.6. The van der Waals surface area contributed by atoms with E-state index in [1.54, 1.807) is 109 Å². The predicted octanol–water partition coefficient (Wildman–Crippen LogP) is 4.51. The first-order valence-corrected chi connectivity index (χ1v) is 29.8. The van der Waals surface area contributed by atoms with E-state index < -0.39 is 90.9 Å². The number of fused-ring (bicyclic) bond motifs is 8. The number of H-pyrrole nitrogens is 1. The molecule has 10 aromatic rings. The summed E-state index contributed by atoms with van der Waals surface area (Å²) in [5.74, 6) is -6.11. The van der Waals surface area contributed by atoms with Crippen LogP contribution in [0.3, 0.4) is 0 Å². The highest BCUT2D eigenvalue weighted by atomic mass is 16.2. The van der Waals surface area contributed by atoms with Crippen molar-refractivity contribution in [3.63, 3.8) is 0 Å². The van der Waals surface area contributed by atoms with E-state index in [1.807, 2.05) is 36.4 Å². The van der Waals surface area contributed by atoms with E-state index in [-0.39, 0.29) is 63.2 Å². The highest BCUT2D eigenvalue weighted by Crippen LogP contribution is 2.32. The molecule has 0 aliphatic rings. The van der Waals surface area contributed by atoms with Gasteiger partial charge in [-0.25, -0.2) is 15.0 Å². The van der Waals surface area contributed by atoms with Crippen LogP contribution in [-0.4, -0.2) is 136 Å². The molecular weight excluding hydrogens is 1160 g/mol. The molecule has 24 heteroatoms. The molecule has 464 valence electrons. The monoisotopic (exact) mass is 1230 g/mol. The summed E-state index contributed by atoms with van der Waals surface area (Å²) in [6, 6.07) is 39.6. The van der Waals surface area contributed by atoms with Crippen LogP contribution < -0.4 is 53.6 Å². The molecule has 4 aromatic heterocycles. The number of primary amides is 1. The summed E-state index contributed by atoms with van der Waals surface area (Å²) in [4.78, 5) is 152. The quantitative estimate of drug-likeness (QED) is 0.0250. The van der Waals surface area contributed by atoms with Crippen molar-refractivity contribution in [1.82, 2.24) is 67.8 Å². The standard InChI is InChI=1S/C67H66N14O10/c1-38(82)69-32-15-30-52(78-55(84)36-73-66(90)58-41-19-4-10-25-47(41)76-48-26-11-5-20-42(48)58)63(87)71-34-16-31-53(79-56(85)37-74-67(91)59-43-21-6-12-27-49(43)80-60-44-22-7-13-28-50(44)81-61(59)60)64(88)70-33-14-29-51(62(68)86)77-54(83)35-72-65(89)57-39-17-2-8-23-45(39)75-46-24-9-3-18-40(46)57/h2-13,17-28,51-53,81H,14-16,29-37H2,1H3,(H2,68,86)(H,69,82)(H,70,88)(H,71,87)(H,72,89)(H,73,90)(H,74,91)(H,77,83)(H,78,84)(H,79,85). The Morgan fingerprint density at radius 2 is 0.725 bits per heavy atom. The van der Waals surface area contributed by atoms with Crippen molar-refractivity contribution in [3.05, 3.63) is 162 Å². The molecule has 4 heterocycles. The van der Waals surface area contributed by atoms with Gasteiger partial charge in [-0.15, -0.1) is 0 Å². The van der Waals surface area contributed by atoms with Gasteiger partial charge in [0.1, 0.15) is 18.1 Å². The van der Waals surface area contributed by atoms with Crippen molar-refractivity contribution in [2.24, 2.45) is 5.73 Å². The van der Waals surface area contributed by atoms with Gasteiger partial charge in [-0.1, -0.05) is 109 Å². The van der Waals surface area contributed by atoms with Gasteiger partial charge in [0.2, 0.25) is 41.4 Å².